The van der Waals surface area contributed by atoms with Crippen molar-refractivity contribution in [2.75, 3.05) is 13.2 Å². The molecule has 0 fully saturated rings. The van der Waals surface area contributed by atoms with E-state index in [1.165, 1.54) is 0 Å². The van der Waals surface area contributed by atoms with Gasteiger partial charge < -0.3 is 19.1 Å². The number of unbranched alkanes of at least 4 members (excludes halogenated alkanes) is 1. The summed E-state index contributed by atoms with van der Waals surface area (Å²) in [6, 6.07) is 19.9. The van der Waals surface area contributed by atoms with Gasteiger partial charge in [-0.15, -0.1) is 0 Å². The number of aliphatic carboxylic acids is 1. The summed E-state index contributed by atoms with van der Waals surface area (Å²) >= 11 is 0. The summed E-state index contributed by atoms with van der Waals surface area (Å²) < 4.78 is 13.9. The molecule has 35 heavy (non-hydrogen) atoms. The third-order valence-electron chi connectivity index (χ3n) is 6.60. The number of para-hydroxylation sites is 1. The fourth-order valence-corrected chi connectivity index (χ4v) is 4.85. The molecule has 0 amide bonds. The Labute approximate surface area is 204 Å². The molecule has 0 unspecified atom stereocenters. The van der Waals surface area contributed by atoms with Gasteiger partial charge in [-0.2, -0.15) is 0 Å². The van der Waals surface area contributed by atoms with E-state index in [1.807, 2.05) is 54.6 Å². The highest BCUT2D eigenvalue weighted by Gasteiger charge is 2.17. The molecular weight excluding hydrogens is 442 g/mol. The second-order valence-corrected chi connectivity index (χ2v) is 8.99. The number of nitrogens with zero attached hydrogens (tertiary/aromatic N) is 1. The van der Waals surface area contributed by atoms with Gasteiger partial charge in [0, 0.05) is 40.9 Å². The average Bonchev–Trinajstić information content (AvgIpc) is 3.18. The molecule has 1 aromatic heterocycles. The van der Waals surface area contributed by atoms with Gasteiger partial charge in [0.05, 0.1) is 25.2 Å². The van der Waals surface area contributed by atoms with Crippen molar-refractivity contribution in [2.24, 2.45) is 0 Å². The van der Waals surface area contributed by atoms with Crippen LogP contribution in [0.5, 0.6) is 11.5 Å². The lowest BCUT2D eigenvalue weighted by Gasteiger charge is -2.16. The molecule has 1 N–H and O–H groups in total. The summed E-state index contributed by atoms with van der Waals surface area (Å²) in [5.41, 5.74) is 3.95. The Hall–Kier alpha value is -3.80. The largest absolute Gasteiger partial charge is 0.494 e. The first-order valence-corrected chi connectivity index (χ1v) is 12.2. The molecule has 0 atom stereocenters. The van der Waals surface area contributed by atoms with E-state index in [-0.39, 0.29) is 12.2 Å². The van der Waals surface area contributed by atoms with Crippen molar-refractivity contribution in [3.05, 3.63) is 71.8 Å². The van der Waals surface area contributed by atoms with Crippen LogP contribution in [-0.2, 0) is 17.8 Å². The van der Waals surface area contributed by atoms with Gasteiger partial charge in [0.2, 0.25) is 0 Å². The number of ketones is 1. The highest BCUT2D eigenvalue weighted by Crippen LogP contribution is 2.32. The van der Waals surface area contributed by atoms with Crippen LogP contribution in [0.2, 0.25) is 0 Å². The minimum absolute atomic E-state index is 0.0667. The van der Waals surface area contributed by atoms with Crippen LogP contribution >= 0.6 is 0 Å². The molecule has 180 valence electrons. The van der Waals surface area contributed by atoms with E-state index < -0.39 is 5.97 Å². The minimum atomic E-state index is -0.812. The zero-order chi connectivity index (χ0) is 24.2. The summed E-state index contributed by atoms with van der Waals surface area (Å²) in [5.74, 6) is 0.919. The number of rotatable bonds is 10. The molecule has 6 nitrogen and oxygen atoms in total. The molecule has 0 radical (unpaired) electrons. The normalized spacial score (nSPS) is 13.2. The number of Topliss-reactive ketones (excluding diaryl/α,β-unsaturated/α-hetero) is 1. The lowest BCUT2D eigenvalue weighted by Crippen LogP contribution is -2.11. The fraction of sp³-hybridized carbons (Fsp3) is 0.310. The molecule has 4 aromatic rings. The second kappa shape index (κ2) is 10.2. The molecule has 0 saturated heterocycles. The van der Waals surface area contributed by atoms with Gasteiger partial charge in [-0.1, -0.05) is 24.3 Å². The van der Waals surface area contributed by atoms with Crippen molar-refractivity contribution < 1.29 is 24.2 Å². The number of fused-ring (bicyclic) bond motifs is 4. The van der Waals surface area contributed by atoms with E-state index in [2.05, 4.69) is 10.6 Å². The summed E-state index contributed by atoms with van der Waals surface area (Å²) in [6.45, 7) is 1.54. The van der Waals surface area contributed by atoms with E-state index in [0.717, 1.165) is 70.1 Å². The average molecular weight is 472 g/mol. The number of carboxylic acids is 1. The molecule has 0 aliphatic heterocycles. The van der Waals surface area contributed by atoms with Crippen LogP contribution in [0.3, 0.4) is 0 Å². The van der Waals surface area contributed by atoms with E-state index >= 15 is 0 Å². The van der Waals surface area contributed by atoms with Crippen molar-refractivity contribution in [1.29, 1.82) is 0 Å². The molecule has 3 aromatic carbocycles. The van der Waals surface area contributed by atoms with Crippen LogP contribution in [0.4, 0.5) is 0 Å². The summed E-state index contributed by atoms with van der Waals surface area (Å²) in [4.78, 5) is 23.3. The van der Waals surface area contributed by atoms with Gasteiger partial charge >= 0.3 is 5.97 Å². The maximum absolute atomic E-state index is 12.1. The van der Waals surface area contributed by atoms with Gasteiger partial charge in [-0.25, -0.2) is 0 Å². The third kappa shape index (κ3) is 5.02. The Morgan fingerprint density at radius 3 is 2.37 bits per heavy atom. The zero-order valence-corrected chi connectivity index (χ0v) is 19.7. The van der Waals surface area contributed by atoms with Crippen LogP contribution in [0, 0.1) is 0 Å². The lowest BCUT2D eigenvalue weighted by atomic mass is 9.90. The van der Waals surface area contributed by atoms with Gasteiger partial charge in [0.25, 0.3) is 0 Å². The number of ether oxygens (including phenoxy) is 2. The molecule has 6 heteroatoms. The Morgan fingerprint density at radius 1 is 0.857 bits per heavy atom. The number of hydrogen-bond donors (Lipinski definition) is 1. The molecule has 0 spiro atoms. The van der Waals surface area contributed by atoms with Crippen LogP contribution in [0.1, 0.15) is 48.0 Å². The SMILES string of the molecule is O=C(O)CCn1c2ccccc2c2ccc(OCCCCOc3ccc4c(c3)C(=O)CCC4)cc21. The van der Waals surface area contributed by atoms with Gasteiger partial charge in [-0.3, -0.25) is 9.59 Å². The number of benzene rings is 3. The fourth-order valence-electron chi connectivity index (χ4n) is 4.85. The topological polar surface area (TPSA) is 77.8 Å². The quantitative estimate of drug-likeness (QED) is 0.286. The minimum Gasteiger partial charge on any atom is -0.494 e. The number of hydrogen-bond acceptors (Lipinski definition) is 4. The Kier molecular flexibility index (Phi) is 6.70. The maximum Gasteiger partial charge on any atom is 0.305 e. The van der Waals surface area contributed by atoms with Crippen LogP contribution in [0.15, 0.2) is 60.7 Å². The van der Waals surface area contributed by atoms with E-state index in [4.69, 9.17) is 9.47 Å². The van der Waals surface area contributed by atoms with Gasteiger partial charge in [0.15, 0.2) is 5.78 Å². The van der Waals surface area contributed by atoms with Crippen molar-refractivity contribution in [1.82, 2.24) is 4.57 Å². The number of carbonyl (C=O) groups excluding carboxylic acids is 1. The summed E-state index contributed by atoms with van der Waals surface area (Å²) in [6.07, 6.45) is 4.27. The number of carboxylic acid groups (broad SMARTS) is 1. The highest BCUT2D eigenvalue weighted by atomic mass is 16.5. The van der Waals surface area contributed by atoms with Crippen LogP contribution in [0.25, 0.3) is 21.8 Å². The zero-order valence-electron chi connectivity index (χ0n) is 19.7. The molecule has 0 saturated carbocycles. The number of aryl methyl sites for hydroxylation is 2. The van der Waals surface area contributed by atoms with Crippen molar-refractivity contribution in [3.63, 3.8) is 0 Å². The molecule has 1 heterocycles. The van der Waals surface area contributed by atoms with Gasteiger partial charge in [-0.05, 0) is 61.6 Å². The highest BCUT2D eigenvalue weighted by molar-refractivity contribution is 6.08. The standard InChI is InChI=1S/C29H29NO5/c31-28-9-5-6-20-10-11-21(18-25(20)28)34-16-3-4-17-35-22-12-13-24-23-7-1-2-8-26(23)30(27(24)19-22)15-14-29(32)33/h1-2,7-8,10-13,18-19H,3-6,9,14-17H2,(H,32,33). The summed E-state index contributed by atoms with van der Waals surface area (Å²) in [7, 11) is 0. The maximum atomic E-state index is 12.1. The Bertz CT molecular complexity index is 1390. The van der Waals surface area contributed by atoms with Gasteiger partial charge in [0.1, 0.15) is 11.5 Å². The summed E-state index contributed by atoms with van der Waals surface area (Å²) in [5, 5.41) is 11.4. The molecule has 0 bridgehead atoms. The molecule has 5 rings (SSSR count). The molecular formula is C29H29NO5. The number of aromatic nitrogens is 1. The van der Waals surface area contributed by atoms with E-state index in [9.17, 15) is 14.7 Å². The van der Waals surface area contributed by atoms with Crippen molar-refractivity contribution in [3.8, 4) is 11.5 Å². The first kappa shape index (κ1) is 23.0. The van der Waals surface area contributed by atoms with Crippen molar-refractivity contribution in [2.45, 2.75) is 45.1 Å². The first-order valence-electron chi connectivity index (χ1n) is 12.2. The second-order valence-electron chi connectivity index (χ2n) is 8.99. The predicted octanol–water partition coefficient (Wildman–Crippen LogP) is 6.03. The van der Waals surface area contributed by atoms with Crippen LogP contribution in [-0.4, -0.2) is 34.6 Å². The van der Waals surface area contributed by atoms with Crippen LogP contribution < -0.4 is 9.47 Å². The smallest absolute Gasteiger partial charge is 0.305 e. The predicted molar refractivity (Wildman–Crippen MR) is 136 cm³/mol. The monoisotopic (exact) mass is 471 g/mol. The molecule has 1 aliphatic carbocycles. The van der Waals surface area contributed by atoms with E-state index in [0.29, 0.717) is 26.2 Å². The Balaban J connectivity index is 1.17. The Morgan fingerprint density at radius 2 is 1.57 bits per heavy atom. The lowest BCUT2D eigenvalue weighted by molar-refractivity contribution is -0.137. The number of carbonyl (C=O) groups is 2. The van der Waals surface area contributed by atoms with E-state index in [1.54, 1.807) is 0 Å². The third-order valence-corrected chi connectivity index (χ3v) is 6.60. The van der Waals surface area contributed by atoms with Crippen molar-refractivity contribution >= 4 is 33.6 Å². The molecule has 1 aliphatic rings. The first-order chi connectivity index (χ1) is 17.1.